The highest BCUT2D eigenvalue weighted by molar-refractivity contribution is 5.96. The zero-order valence-electron chi connectivity index (χ0n) is 16.5. The highest BCUT2D eigenvalue weighted by atomic mass is 16.5. The molecule has 30 heavy (non-hydrogen) atoms. The Balaban J connectivity index is 1.65. The van der Waals surface area contributed by atoms with Gasteiger partial charge in [0.05, 0.1) is 13.7 Å². The van der Waals surface area contributed by atoms with Gasteiger partial charge in [0.2, 0.25) is 0 Å². The number of carbonyl (C=O) groups excluding carboxylic acids is 2. The number of benzene rings is 2. The third-order valence-corrected chi connectivity index (χ3v) is 4.03. The van der Waals surface area contributed by atoms with Gasteiger partial charge in [-0.25, -0.2) is 0 Å². The summed E-state index contributed by atoms with van der Waals surface area (Å²) in [5, 5.41) is 12.8. The summed E-state index contributed by atoms with van der Waals surface area (Å²) in [5.74, 6) is 0.400. The Labute approximate surface area is 172 Å². The third-order valence-electron chi connectivity index (χ3n) is 4.03. The quantitative estimate of drug-likeness (QED) is 0.489. The lowest BCUT2D eigenvalue weighted by atomic mass is 10.1. The van der Waals surface area contributed by atoms with Gasteiger partial charge in [-0.3, -0.25) is 9.59 Å². The van der Waals surface area contributed by atoms with Crippen molar-refractivity contribution < 1.29 is 23.8 Å². The minimum Gasteiger partial charge on any atom is -0.494 e. The number of ether oxygens (including phenoxy) is 3. The van der Waals surface area contributed by atoms with Gasteiger partial charge >= 0.3 is 0 Å². The number of primary amides is 1. The molecular weight excluding hydrogens is 390 g/mol. The van der Waals surface area contributed by atoms with Crippen LogP contribution in [0.1, 0.15) is 17.4 Å². The zero-order chi connectivity index (χ0) is 21.5. The Kier molecular flexibility index (Phi) is 6.48. The third kappa shape index (κ3) is 4.85. The molecule has 0 aliphatic heterocycles. The molecule has 0 saturated carbocycles. The summed E-state index contributed by atoms with van der Waals surface area (Å²) < 4.78 is 16.3. The van der Waals surface area contributed by atoms with Crippen molar-refractivity contribution in [3.05, 3.63) is 48.2 Å². The lowest BCUT2D eigenvalue weighted by Gasteiger charge is -2.12. The molecule has 0 unspecified atom stereocenters. The second-order valence-corrected chi connectivity index (χ2v) is 6.04. The number of amides is 2. The van der Waals surface area contributed by atoms with Gasteiger partial charge in [0.1, 0.15) is 11.4 Å². The van der Waals surface area contributed by atoms with Crippen LogP contribution < -0.4 is 25.3 Å². The molecule has 0 aliphatic rings. The van der Waals surface area contributed by atoms with E-state index in [1.54, 1.807) is 42.5 Å². The van der Waals surface area contributed by atoms with Crippen LogP contribution >= 0.6 is 0 Å². The molecule has 1 aromatic heterocycles. The second kappa shape index (κ2) is 9.41. The molecule has 0 aliphatic carbocycles. The van der Waals surface area contributed by atoms with Gasteiger partial charge in [-0.1, -0.05) is 0 Å². The van der Waals surface area contributed by atoms with Crippen LogP contribution in [0.15, 0.2) is 42.5 Å². The van der Waals surface area contributed by atoms with Crippen molar-refractivity contribution in [1.82, 2.24) is 15.4 Å². The van der Waals surface area contributed by atoms with E-state index in [9.17, 15) is 9.59 Å². The number of nitrogens with zero attached hydrogens (tertiary/aromatic N) is 2. The molecule has 10 heteroatoms. The Bertz CT molecular complexity index is 1030. The molecule has 2 aromatic carbocycles. The van der Waals surface area contributed by atoms with E-state index in [2.05, 4.69) is 20.7 Å². The first-order valence-corrected chi connectivity index (χ1v) is 9.06. The monoisotopic (exact) mass is 411 g/mol. The first-order chi connectivity index (χ1) is 14.5. The lowest BCUT2D eigenvalue weighted by Crippen LogP contribution is -2.20. The molecule has 4 N–H and O–H groups in total. The van der Waals surface area contributed by atoms with Crippen molar-refractivity contribution in [2.45, 2.75) is 6.92 Å². The first-order valence-electron chi connectivity index (χ1n) is 9.06. The Morgan fingerprint density at radius 1 is 1.07 bits per heavy atom. The maximum Gasteiger partial charge on any atom is 0.271 e. The number of aromatic amines is 1. The zero-order valence-corrected chi connectivity index (χ0v) is 16.5. The smallest absolute Gasteiger partial charge is 0.271 e. The summed E-state index contributed by atoms with van der Waals surface area (Å²) in [6, 6.07) is 11.9. The number of hydrogen-bond acceptors (Lipinski definition) is 7. The summed E-state index contributed by atoms with van der Waals surface area (Å²) in [6.45, 7) is 2.25. The molecule has 156 valence electrons. The molecule has 2 amide bonds. The van der Waals surface area contributed by atoms with Gasteiger partial charge in [0, 0.05) is 11.3 Å². The van der Waals surface area contributed by atoms with E-state index in [1.807, 2.05) is 6.92 Å². The fourth-order valence-corrected chi connectivity index (χ4v) is 2.68. The first kappa shape index (κ1) is 20.6. The number of aromatic nitrogens is 3. The number of nitrogens with one attached hydrogen (secondary N) is 2. The summed E-state index contributed by atoms with van der Waals surface area (Å²) in [5.41, 5.74) is 6.78. The molecule has 10 nitrogen and oxygen atoms in total. The topological polar surface area (TPSA) is 141 Å². The van der Waals surface area contributed by atoms with Crippen LogP contribution in [0.5, 0.6) is 17.2 Å². The molecule has 3 aromatic rings. The average Bonchev–Trinajstić information content (AvgIpc) is 3.24. The van der Waals surface area contributed by atoms with Crippen LogP contribution in [0.3, 0.4) is 0 Å². The molecule has 0 radical (unpaired) electrons. The van der Waals surface area contributed by atoms with Gasteiger partial charge in [-0.2, -0.15) is 15.4 Å². The largest absolute Gasteiger partial charge is 0.494 e. The number of anilines is 1. The number of nitrogens with two attached hydrogens (primary N) is 1. The van der Waals surface area contributed by atoms with Crippen LogP contribution in [-0.4, -0.2) is 47.5 Å². The average molecular weight is 411 g/mol. The van der Waals surface area contributed by atoms with Gasteiger partial charge in [-0.05, 0) is 49.4 Å². The molecule has 0 bridgehead atoms. The molecular formula is C20H21N5O5. The van der Waals surface area contributed by atoms with Crippen molar-refractivity contribution >= 4 is 17.5 Å². The standard InChI is InChI=1S/C20H21N5O5/c1-3-29-14-7-5-13(6-8-14)22-17(26)11-30-15-9-4-12(10-16(15)28-2)18-19(20(21)27)24-25-23-18/h4-10H,3,11H2,1-2H3,(H2,21,27)(H,22,26)(H,23,24,25). The van der Waals surface area contributed by atoms with E-state index < -0.39 is 5.91 Å². The molecule has 0 spiro atoms. The van der Waals surface area contributed by atoms with Gasteiger partial charge in [-0.15, -0.1) is 0 Å². The highest BCUT2D eigenvalue weighted by Gasteiger charge is 2.17. The van der Waals surface area contributed by atoms with Crippen molar-refractivity contribution in [3.8, 4) is 28.5 Å². The predicted octanol–water partition coefficient (Wildman–Crippen LogP) is 2.00. The normalized spacial score (nSPS) is 10.3. The minimum absolute atomic E-state index is 0.0143. The van der Waals surface area contributed by atoms with Crippen molar-refractivity contribution in [2.75, 3.05) is 25.6 Å². The highest BCUT2D eigenvalue weighted by Crippen LogP contribution is 2.32. The van der Waals surface area contributed by atoms with E-state index in [0.717, 1.165) is 5.75 Å². The molecule has 0 atom stereocenters. The fraction of sp³-hybridized carbons (Fsp3) is 0.200. The van der Waals surface area contributed by atoms with E-state index in [-0.39, 0.29) is 18.2 Å². The minimum atomic E-state index is -0.705. The summed E-state index contributed by atoms with van der Waals surface area (Å²) >= 11 is 0. The molecule has 3 rings (SSSR count). The second-order valence-electron chi connectivity index (χ2n) is 6.04. The number of methoxy groups -OCH3 is 1. The maximum atomic E-state index is 12.2. The summed E-state index contributed by atoms with van der Waals surface area (Å²) in [6.07, 6.45) is 0. The van der Waals surface area contributed by atoms with Gasteiger partial charge < -0.3 is 25.3 Å². The number of rotatable bonds is 9. The predicted molar refractivity (Wildman–Crippen MR) is 109 cm³/mol. The Morgan fingerprint density at radius 3 is 2.50 bits per heavy atom. The summed E-state index contributed by atoms with van der Waals surface area (Å²) in [4.78, 5) is 23.6. The molecule has 0 fully saturated rings. The summed E-state index contributed by atoms with van der Waals surface area (Å²) in [7, 11) is 1.46. The SMILES string of the molecule is CCOc1ccc(NC(=O)COc2ccc(-c3n[nH]nc3C(N)=O)cc2OC)cc1. The Morgan fingerprint density at radius 2 is 1.83 bits per heavy atom. The van der Waals surface area contributed by atoms with Crippen LogP contribution in [0.25, 0.3) is 11.3 Å². The van der Waals surface area contributed by atoms with Crippen molar-refractivity contribution in [1.29, 1.82) is 0 Å². The van der Waals surface area contributed by atoms with E-state index in [0.29, 0.717) is 35.1 Å². The van der Waals surface area contributed by atoms with Crippen LogP contribution in [0, 0.1) is 0 Å². The van der Waals surface area contributed by atoms with E-state index >= 15 is 0 Å². The number of carbonyl (C=O) groups is 2. The fourth-order valence-electron chi connectivity index (χ4n) is 2.68. The van der Waals surface area contributed by atoms with Crippen LogP contribution in [-0.2, 0) is 4.79 Å². The van der Waals surface area contributed by atoms with Crippen molar-refractivity contribution in [2.24, 2.45) is 5.73 Å². The Hall–Kier alpha value is -4.08. The van der Waals surface area contributed by atoms with Crippen molar-refractivity contribution in [3.63, 3.8) is 0 Å². The van der Waals surface area contributed by atoms with Gasteiger partial charge in [0.25, 0.3) is 11.8 Å². The lowest BCUT2D eigenvalue weighted by molar-refractivity contribution is -0.118. The maximum absolute atomic E-state index is 12.2. The van der Waals surface area contributed by atoms with E-state index in [1.165, 1.54) is 7.11 Å². The van der Waals surface area contributed by atoms with Crippen LogP contribution in [0.2, 0.25) is 0 Å². The number of hydrogen-bond donors (Lipinski definition) is 3. The van der Waals surface area contributed by atoms with Gasteiger partial charge in [0.15, 0.2) is 23.8 Å². The molecule has 0 saturated heterocycles. The van der Waals surface area contributed by atoms with E-state index in [4.69, 9.17) is 19.9 Å². The molecule has 1 heterocycles. The number of H-pyrrole nitrogens is 1. The van der Waals surface area contributed by atoms with Crippen LogP contribution in [0.4, 0.5) is 5.69 Å².